The molecule has 0 spiro atoms. The van der Waals surface area contributed by atoms with Gasteiger partial charge in [0, 0.05) is 31.2 Å². The van der Waals surface area contributed by atoms with Crippen LogP contribution in [0.5, 0.6) is 0 Å². The van der Waals surface area contributed by atoms with Crippen molar-refractivity contribution in [2.24, 2.45) is 0 Å². The van der Waals surface area contributed by atoms with E-state index in [2.05, 4.69) is 47.8 Å². The Bertz CT molecular complexity index is 349. The second kappa shape index (κ2) is 6.18. The smallest absolute Gasteiger partial charge is 0.0307 e. The van der Waals surface area contributed by atoms with Gasteiger partial charge in [-0.1, -0.05) is 20.3 Å². The van der Waals surface area contributed by atoms with Crippen molar-refractivity contribution < 1.29 is 0 Å². The third-order valence-electron chi connectivity index (χ3n) is 4.33. The molecule has 2 atom stereocenters. The van der Waals surface area contributed by atoms with Crippen molar-refractivity contribution in [1.82, 2.24) is 10.2 Å². The predicted molar refractivity (Wildman–Crippen MR) is 80.1 cm³/mol. The van der Waals surface area contributed by atoms with Crippen molar-refractivity contribution in [2.45, 2.75) is 58.2 Å². The monoisotopic (exact) mass is 266 g/mol. The van der Waals surface area contributed by atoms with Gasteiger partial charge in [0.25, 0.3) is 0 Å². The summed E-state index contributed by atoms with van der Waals surface area (Å²) < 4.78 is 0. The molecule has 2 heterocycles. The van der Waals surface area contributed by atoms with Crippen molar-refractivity contribution >= 4 is 11.3 Å². The first-order valence-electron chi connectivity index (χ1n) is 7.17. The molecule has 0 amide bonds. The highest BCUT2D eigenvalue weighted by atomic mass is 32.1. The molecule has 2 unspecified atom stereocenters. The van der Waals surface area contributed by atoms with Crippen LogP contribution in [-0.4, -0.2) is 29.6 Å². The number of nitrogens with zero attached hydrogens (tertiary/aromatic N) is 1. The molecule has 2 rings (SSSR count). The Hall–Kier alpha value is -0.380. The van der Waals surface area contributed by atoms with E-state index in [1.165, 1.54) is 31.4 Å². The zero-order valence-corrected chi connectivity index (χ0v) is 12.7. The van der Waals surface area contributed by atoms with Gasteiger partial charge in [-0.25, -0.2) is 0 Å². The lowest BCUT2D eigenvalue weighted by molar-refractivity contribution is 0.0398. The fourth-order valence-corrected chi connectivity index (χ4v) is 3.44. The van der Waals surface area contributed by atoms with Gasteiger partial charge in [-0.05, 0) is 42.2 Å². The van der Waals surface area contributed by atoms with Gasteiger partial charge in [-0.15, -0.1) is 0 Å². The van der Waals surface area contributed by atoms with Crippen LogP contribution < -0.4 is 5.32 Å². The molecular formula is C15H26N2S. The molecule has 3 heteroatoms. The van der Waals surface area contributed by atoms with Gasteiger partial charge < -0.3 is 5.32 Å². The van der Waals surface area contributed by atoms with Crippen molar-refractivity contribution in [1.29, 1.82) is 0 Å². The quantitative estimate of drug-likeness (QED) is 0.877. The minimum absolute atomic E-state index is 0.312. The third kappa shape index (κ3) is 3.14. The molecule has 1 aromatic heterocycles. The van der Waals surface area contributed by atoms with Gasteiger partial charge in [0.05, 0.1) is 0 Å². The van der Waals surface area contributed by atoms with E-state index in [-0.39, 0.29) is 0 Å². The lowest BCUT2D eigenvalue weighted by atomic mass is 9.90. The number of piperazine rings is 1. The molecule has 18 heavy (non-hydrogen) atoms. The summed E-state index contributed by atoms with van der Waals surface area (Å²) in [6.45, 7) is 10.4. The molecule has 1 fully saturated rings. The van der Waals surface area contributed by atoms with Crippen molar-refractivity contribution in [2.75, 3.05) is 13.1 Å². The van der Waals surface area contributed by atoms with E-state index in [1.54, 1.807) is 11.3 Å². The maximum Gasteiger partial charge on any atom is 0.0307 e. The van der Waals surface area contributed by atoms with Crippen LogP contribution in [0.15, 0.2) is 16.8 Å². The Labute approximate surface area is 115 Å². The Kier molecular flexibility index (Phi) is 4.82. The van der Waals surface area contributed by atoms with Crippen LogP contribution in [0.3, 0.4) is 0 Å². The summed E-state index contributed by atoms with van der Waals surface area (Å²) in [5, 5.41) is 8.20. The minimum Gasteiger partial charge on any atom is -0.311 e. The van der Waals surface area contributed by atoms with Crippen LogP contribution in [0.25, 0.3) is 0 Å². The van der Waals surface area contributed by atoms with Crippen LogP contribution in [0, 0.1) is 0 Å². The minimum atomic E-state index is 0.312. The molecule has 0 aliphatic carbocycles. The molecular weight excluding hydrogens is 240 g/mol. The van der Waals surface area contributed by atoms with Crippen molar-refractivity contribution in [3.63, 3.8) is 0 Å². The van der Waals surface area contributed by atoms with E-state index < -0.39 is 0 Å². The maximum atomic E-state index is 3.73. The highest BCUT2D eigenvalue weighted by Crippen LogP contribution is 2.26. The fourth-order valence-electron chi connectivity index (χ4n) is 2.78. The molecule has 2 nitrogen and oxygen atoms in total. The van der Waals surface area contributed by atoms with Crippen LogP contribution in [0.4, 0.5) is 0 Å². The van der Waals surface area contributed by atoms with Crippen LogP contribution in [0.2, 0.25) is 0 Å². The summed E-state index contributed by atoms with van der Waals surface area (Å²) in [5.74, 6) is 0. The van der Waals surface area contributed by atoms with Crippen LogP contribution in [-0.2, 0) is 6.54 Å². The molecule has 1 N–H and O–H groups in total. The summed E-state index contributed by atoms with van der Waals surface area (Å²) >= 11 is 1.80. The first kappa shape index (κ1) is 14.0. The summed E-state index contributed by atoms with van der Waals surface area (Å²) in [7, 11) is 0. The van der Waals surface area contributed by atoms with E-state index in [1.807, 2.05) is 0 Å². The molecule has 0 bridgehead atoms. The molecule has 0 aromatic carbocycles. The van der Waals surface area contributed by atoms with Crippen LogP contribution in [0.1, 0.15) is 45.6 Å². The average molecular weight is 266 g/mol. The summed E-state index contributed by atoms with van der Waals surface area (Å²) in [4.78, 5) is 2.69. The summed E-state index contributed by atoms with van der Waals surface area (Å²) in [6.07, 6.45) is 3.77. The molecule has 0 radical (unpaired) electrons. The lowest BCUT2D eigenvalue weighted by Gasteiger charge is -2.48. The highest BCUT2D eigenvalue weighted by Gasteiger charge is 2.35. The van der Waals surface area contributed by atoms with Crippen molar-refractivity contribution in [3.05, 3.63) is 22.4 Å². The third-order valence-corrected chi connectivity index (χ3v) is 5.06. The largest absolute Gasteiger partial charge is 0.311 e. The number of hydrogen-bond acceptors (Lipinski definition) is 3. The zero-order valence-electron chi connectivity index (χ0n) is 11.9. The Morgan fingerprint density at radius 2 is 2.33 bits per heavy atom. The molecule has 1 aliphatic rings. The van der Waals surface area contributed by atoms with Gasteiger partial charge in [-0.2, -0.15) is 11.3 Å². The standard InChI is InChI=1S/C15H26N2S/c1-4-6-14-10-17(9-13-7-8-18-11-13)15(3,5-2)12-16-14/h7-8,11,14,16H,4-6,9-10,12H2,1-3H3. The number of nitrogens with one attached hydrogen (secondary N) is 1. The van der Waals surface area contributed by atoms with E-state index in [9.17, 15) is 0 Å². The van der Waals surface area contributed by atoms with Gasteiger partial charge in [0.2, 0.25) is 0 Å². The predicted octanol–water partition coefficient (Wildman–Crippen LogP) is 3.49. The second-order valence-electron chi connectivity index (χ2n) is 5.73. The Morgan fingerprint density at radius 1 is 1.50 bits per heavy atom. The number of hydrogen-bond donors (Lipinski definition) is 1. The summed E-state index contributed by atoms with van der Waals surface area (Å²) in [5.41, 5.74) is 1.78. The SMILES string of the molecule is CCCC1CN(Cc2ccsc2)C(C)(CC)CN1. The zero-order chi connectivity index (χ0) is 13.0. The maximum absolute atomic E-state index is 3.73. The Morgan fingerprint density at radius 3 is 2.94 bits per heavy atom. The highest BCUT2D eigenvalue weighted by molar-refractivity contribution is 7.07. The molecule has 102 valence electrons. The first-order chi connectivity index (χ1) is 8.68. The topological polar surface area (TPSA) is 15.3 Å². The van der Waals surface area contributed by atoms with E-state index >= 15 is 0 Å². The summed E-state index contributed by atoms with van der Waals surface area (Å²) in [6, 6.07) is 2.94. The van der Waals surface area contributed by atoms with E-state index in [0.717, 1.165) is 13.1 Å². The first-order valence-corrected chi connectivity index (χ1v) is 8.11. The van der Waals surface area contributed by atoms with Gasteiger partial charge >= 0.3 is 0 Å². The Balaban J connectivity index is 2.05. The number of thiophene rings is 1. The lowest BCUT2D eigenvalue weighted by Crippen LogP contribution is -2.62. The van der Waals surface area contributed by atoms with Gasteiger partial charge in [-0.3, -0.25) is 4.90 Å². The molecule has 0 saturated carbocycles. The molecule has 1 aromatic rings. The molecule has 1 saturated heterocycles. The van der Waals surface area contributed by atoms with E-state index in [4.69, 9.17) is 0 Å². The van der Waals surface area contributed by atoms with Gasteiger partial charge in [0.15, 0.2) is 0 Å². The molecule has 1 aliphatic heterocycles. The van der Waals surface area contributed by atoms with Crippen molar-refractivity contribution in [3.8, 4) is 0 Å². The van der Waals surface area contributed by atoms with Crippen LogP contribution >= 0.6 is 11.3 Å². The average Bonchev–Trinajstić information content (AvgIpc) is 2.87. The van der Waals surface area contributed by atoms with E-state index in [0.29, 0.717) is 11.6 Å². The van der Waals surface area contributed by atoms with Gasteiger partial charge in [0.1, 0.15) is 0 Å². The second-order valence-corrected chi connectivity index (χ2v) is 6.51. The number of rotatable bonds is 5. The normalized spacial score (nSPS) is 29.6. The fraction of sp³-hybridized carbons (Fsp3) is 0.733.